The highest BCUT2D eigenvalue weighted by molar-refractivity contribution is 8.03. The Kier molecular flexibility index (Phi) is 6.74. The van der Waals surface area contributed by atoms with E-state index in [1.807, 2.05) is 0 Å². The molecule has 2 aromatic carbocycles. The van der Waals surface area contributed by atoms with E-state index in [-0.39, 0.29) is 18.1 Å². The summed E-state index contributed by atoms with van der Waals surface area (Å²) in [6, 6.07) is 10.8. The summed E-state index contributed by atoms with van der Waals surface area (Å²) in [4.78, 5) is 14.8. The number of fused-ring (bicyclic) bond motifs is 1. The lowest BCUT2D eigenvalue weighted by Gasteiger charge is -2.38. The zero-order chi connectivity index (χ0) is 25.3. The fourth-order valence-electron chi connectivity index (χ4n) is 4.51. The van der Waals surface area contributed by atoms with Crippen molar-refractivity contribution in [1.29, 1.82) is 5.26 Å². The molecule has 4 rings (SSSR count). The number of nitriles is 1. The van der Waals surface area contributed by atoms with Crippen LogP contribution < -0.4 is 23.7 Å². The Morgan fingerprint density at radius 3 is 2.14 bits per heavy atom. The number of methoxy groups -OCH3 is 5. The number of amides is 1. The molecule has 0 spiro atoms. The van der Waals surface area contributed by atoms with E-state index >= 15 is 0 Å². The number of allylic oxidation sites excluding steroid dienone is 1. The van der Waals surface area contributed by atoms with Gasteiger partial charge in [0.1, 0.15) is 0 Å². The van der Waals surface area contributed by atoms with E-state index in [9.17, 15) is 15.2 Å². The molecule has 1 N–H and O–H groups in total. The molecule has 10 heteroatoms. The smallest absolute Gasteiger partial charge is 0.231 e. The number of benzene rings is 2. The van der Waals surface area contributed by atoms with Gasteiger partial charge in [-0.3, -0.25) is 9.69 Å². The summed E-state index contributed by atoms with van der Waals surface area (Å²) in [6.45, 7) is 0. The molecular formula is C25H26N2O7S. The third-order valence-corrected chi connectivity index (χ3v) is 7.47. The molecule has 9 nitrogen and oxygen atoms in total. The number of thioether (sulfide) groups is 1. The Bertz CT molecular complexity index is 1210. The van der Waals surface area contributed by atoms with Crippen molar-refractivity contribution in [3.05, 3.63) is 52.1 Å². The monoisotopic (exact) mass is 498 g/mol. The average Bonchev–Trinajstić information content (AvgIpc) is 3.26. The normalized spacial score (nSPS) is 21.3. The number of ether oxygens (including phenoxy) is 5. The first-order valence-corrected chi connectivity index (χ1v) is 11.7. The van der Waals surface area contributed by atoms with Crippen molar-refractivity contribution in [2.24, 2.45) is 0 Å². The summed E-state index contributed by atoms with van der Waals surface area (Å²) in [7, 11) is 7.55. The second kappa shape index (κ2) is 9.60. The Hall–Kier alpha value is -3.55. The fourth-order valence-corrected chi connectivity index (χ4v) is 5.87. The van der Waals surface area contributed by atoms with E-state index in [0.29, 0.717) is 50.5 Å². The summed E-state index contributed by atoms with van der Waals surface area (Å²) in [5.74, 6) is 1.54. The van der Waals surface area contributed by atoms with Crippen LogP contribution in [0.5, 0.6) is 28.7 Å². The highest BCUT2D eigenvalue weighted by Gasteiger charge is 2.52. The lowest BCUT2D eigenvalue weighted by atomic mass is 9.85. The maximum Gasteiger partial charge on any atom is 0.231 e. The number of carbonyl (C=O) groups excluding carboxylic acids is 1. The van der Waals surface area contributed by atoms with Crippen LogP contribution in [-0.2, 0) is 10.5 Å². The van der Waals surface area contributed by atoms with Gasteiger partial charge in [0.25, 0.3) is 0 Å². The van der Waals surface area contributed by atoms with E-state index in [0.717, 1.165) is 0 Å². The third kappa shape index (κ3) is 3.90. The minimum Gasteiger partial charge on any atom is -0.493 e. The molecule has 2 unspecified atom stereocenters. The van der Waals surface area contributed by atoms with Crippen LogP contribution in [0.2, 0.25) is 0 Å². The molecule has 1 fully saturated rings. The van der Waals surface area contributed by atoms with Crippen molar-refractivity contribution in [2.45, 2.75) is 18.1 Å². The van der Waals surface area contributed by atoms with Gasteiger partial charge < -0.3 is 28.8 Å². The lowest BCUT2D eigenvalue weighted by Crippen LogP contribution is -2.48. The minimum atomic E-state index is -1.64. The van der Waals surface area contributed by atoms with E-state index in [1.54, 1.807) is 30.3 Å². The van der Waals surface area contributed by atoms with Gasteiger partial charge in [0, 0.05) is 17.9 Å². The van der Waals surface area contributed by atoms with Gasteiger partial charge in [-0.2, -0.15) is 5.26 Å². The highest BCUT2D eigenvalue weighted by atomic mass is 32.2. The van der Waals surface area contributed by atoms with Crippen molar-refractivity contribution < 1.29 is 33.6 Å². The van der Waals surface area contributed by atoms with Crippen LogP contribution in [0.25, 0.3) is 0 Å². The zero-order valence-electron chi connectivity index (χ0n) is 20.1. The molecule has 2 aromatic rings. The van der Waals surface area contributed by atoms with Gasteiger partial charge in [-0.05, 0) is 29.8 Å². The molecule has 0 bridgehead atoms. The lowest BCUT2D eigenvalue weighted by molar-refractivity contribution is -0.149. The summed E-state index contributed by atoms with van der Waals surface area (Å²) in [5.41, 5.74) is -0.104. The van der Waals surface area contributed by atoms with Gasteiger partial charge in [0.2, 0.25) is 11.7 Å². The molecule has 0 radical (unpaired) electrons. The van der Waals surface area contributed by atoms with Crippen molar-refractivity contribution in [3.63, 3.8) is 0 Å². The Morgan fingerprint density at radius 2 is 1.60 bits per heavy atom. The molecule has 2 aliphatic heterocycles. The number of carbonyl (C=O) groups is 1. The van der Waals surface area contributed by atoms with Gasteiger partial charge in [-0.25, -0.2) is 0 Å². The second-order valence-electron chi connectivity index (χ2n) is 7.95. The van der Waals surface area contributed by atoms with Crippen molar-refractivity contribution in [2.75, 3.05) is 41.3 Å². The third-order valence-electron chi connectivity index (χ3n) is 6.25. The van der Waals surface area contributed by atoms with Gasteiger partial charge in [-0.1, -0.05) is 6.07 Å². The van der Waals surface area contributed by atoms with E-state index < -0.39 is 11.6 Å². The second-order valence-corrected chi connectivity index (χ2v) is 8.91. The number of aliphatic hydroxyl groups is 1. The predicted octanol–water partition coefficient (Wildman–Crippen LogP) is 3.37. The maximum atomic E-state index is 13.5. The van der Waals surface area contributed by atoms with E-state index in [1.165, 1.54) is 52.2 Å². The molecule has 35 heavy (non-hydrogen) atoms. The Labute approximate surface area is 207 Å². The molecule has 1 amide bonds. The van der Waals surface area contributed by atoms with Gasteiger partial charge in [-0.15, -0.1) is 11.8 Å². The molecule has 1 saturated heterocycles. The van der Waals surface area contributed by atoms with E-state index in [4.69, 9.17) is 23.7 Å². The number of hydrogen-bond donors (Lipinski definition) is 1. The number of rotatable bonds is 7. The summed E-state index contributed by atoms with van der Waals surface area (Å²) < 4.78 is 27.0. The average molecular weight is 499 g/mol. The molecule has 2 heterocycles. The predicted molar refractivity (Wildman–Crippen MR) is 129 cm³/mol. The molecule has 0 aromatic heterocycles. The first-order valence-electron chi connectivity index (χ1n) is 10.7. The number of nitrogens with zero attached hydrogens (tertiary/aromatic N) is 2. The van der Waals surface area contributed by atoms with Gasteiger partial charge in [0.05, 0.1) is 58.0 Å². The summed E-state index contributed by atoms with van der Waals surface area (Å²) in [5, 5.41) is 22.3. The highest BCUT2D eigenvalue weighted by Crippen LogP contribution is 2.53. The summed E-state index contributed by atoms with van der Waals surface area (Å²) >= 11 is 1.27. The Balaban J connectivity index is 1.81. The van der Waals surface area contributed by atoms with Crippen molar-refractivity contribution >= 4 is 17.7 Å². The quantitative estimate of drug-likeness (QED) is 0.614. The van der Waals surface area contributed by atoms with Crippen LogP contribution in [0.3, 0.4) is 0 Å². The Morgan fingerprint density at radius 1 is 0.971 bits per heavy atom. The summed E-state index contributed by atoms with van der Waals surface area (Å²) in [6.07, 6.45) is -0.0127. The standard InChI is InChI=1S/C25H26N2O7S/c1-30-18-7-6-15(10-19(18)31-2)25(29)13-35-24-17(12-26)16(11-22(28)27(24)25)14-8-20(32-3)23(34-5)21(9-14)33-4/h6-10,16,29H,11,13H2,1-5H3. The molecule has 184 valence electrons. The van der Waals surface area contributed by atoms with Gasteiger partial charge in [0.15, 0.2) is 28.7 Å². The van der Waals surface area contributed by atoms with Crippen LogP contribution >= 0.6 is 11.8 Å². The van der Waals surface area contributed by atoms with Crippen LogP contribution in [0, 0.1) is 11.3 Å². The topological polar surface area (TPSA) is 110 Å². The first-order chi connectivity index (χ1) is 16.9. The minimum absolute atomic E-state index is 0.0127. The van der Waals surface area contributed by atoms with Crippen molar-refractivity contribution in [3.8, 4) is 34.8 Å². The molecule has 2 atom stereocenters. The van der Waals surface area contributed by atoms with Gasteiger partial charge >= 0.3 is 0 Å². The largest absolute Gasteiger partial charge is 0.493 e. The zero-order valence-corrected chi connectivity index (χ0v) is 20.9. The molecule has 0 aliphatic carbocycles. The van der Waals surface area contributed by atoms with Crippen LogP contribution in [0.4, 0.5) is 0 Å². The maximum absolute atomic E-state index is 13.5. The van der Waals surface area contributed by atoms with Crippen LogP contribution in [0.15, 0.2) is 40.9 Å². The first kappa shape index (κ1) is 24.6. The van der Waals surface area contributed by atoms with Crippen LogP contribution in [0.1, 0.15) is 23.5 Å². The van der Waals surface area contributed by atoms with Crippen molar-refractivity contribution in [1.82, 2.24) is 4.90 Å². The SMILES string of the molecule is COc1ccc(C2(O)CSC3=C(C#N)C(c4cc(OC)c(OC)c(OC)c4)CC(=O)N32)cc1OC. The van der Waals surface area contributed by atoms with Crippen LogP contribution in [-0.4, -0.2) is 57.2 Å². The molecular weight excluding hydrogens is 472 g/mol. The number of hydrogen-bond acceptors (Lipinski definition) is 9. The fraction of sp³-hybridized carbons (Fsp3) is 0.360. The molecule has 2 aliphatic rings. The molecule has 0 saturated carbocycles. The van der Waals surface area contributed by atoms with E-state index in [2.05, 4.69) is 6.07 Å².